The number of carbonyl (C=O) groups excluding carboxylic acids is 2. The Kier molecular flexibility index (Phi) is 6.31. The van der Waals surface area contributed by atoms with Crippen LogP contribution in [0.2, 0.25) is 0 Å². The van der Waals surface area contributed by atoms with E-state index in [1.54, 1.807) is 18.2 Å². The maximum Gasteiger partial charge on any atom is 0.301 e. The predicted molar refractivity (Wildman–Crippen MR) is 145 cm³/mol. The van der Waals surface area contributed by atoms with Gasteiger partial charge in [-0.1, -0.05) is 35.6 Å². The van der Waals surface area contributed by atoms with E-state index in [0.29, 0.717) is 22.2 Å². The minimum absolute atomic E-state index is 0.0367. The molecule has 1 fully saturated rings. The lowest BCUT2D eigenvalue weighted by molar-refractivity contribution is -0.132. The largest absolute Gasteiger partial charge is 0.507 e. The van der Waals surface area contributed by atoms with Crippen LogP contribution in [0.3, 0.4) is 0 Å². The van der Waals surface area contributed by atoms with Crippen LogP contribution < -0.4 is 19.3 Å². The van der Waals surface area contributed by atoms with Gasteiger partial charge in [-0.05, 0) is 42.0 Å². The maximum absolute atomic E-state index is 13.5. The zero-order chi connectivity index (χ0) is 26.3. The van der Waals surface area contributed by atoms with Gasteiger partial charge in [0.15, 0.2) is 5.13 Å². The average Bonchev–Trinajstić information content (AvgIpc) is 3.46. The number of ketones is 1. The summed E-state index contributed by atoms with van der Waals surface area (Å²) in [7, 11) is 6.84. The third-order valence-corrected chi connectivity index (χ3v) is 7.36. The summed E-state index contributed by atoms with van der Waals surface area (Å²) < 4.78 is 11.6. The van der Waals surface area contributed by atoms with Crippen LogP contribution in [0.15, 0.2) is 72.3 Å². The van der Waals surface area contributed by atoms with E-state index in [-0.39, 0.29) is 16.9 Å². The first-order valence-corrected chi connectivity index (χ1v) is 12.3. The van der Waals surface area contributed by atoms with Crippen LogP contribution in [-0.4, -0.2) is 50.1 Å². The Bertz CT molecular complexity index is 1510. The molecule has 9 heteroatoms. The number of hydrogen-bond acceptors (Lipinski definition) is 8. The van der Waals surface area contributed by atoms with Crippen molar-refractivity contribution in [3.05, 3.63) is 83.4 Å². The Balaban J connectivity index is 1.73. The van der Waals surface area contributed by atoms with Crippen LogP contribution in [0.25, 0.3) is 16.0 Å². The van der Waals surface area contributed by atoms with Crippen LogP contribution in [0.5, 0.6) is 11.5 Å². The molecule has 8 nitrogen and oxygen atoms in total. The van der Waals surface area contributed by atoms with Gasteiger partial charge in [-0.3, -0.25) is 14.5 Å². The number of rotatable bonds is 6. The van der Waals surface area contributed by atoms with Crippen molar-refractivity contribution >= 4 is 49.8 Å². The maximum atomic E-state index is 13.5. The van der Waals surface area contributed by atoms with Crippen molar-refractivity contribution < 1.29 is 24.2 Å². The van der Waals surface area contributed by atoms with Gasteiger partial charge in [0.2, 0.25) is 0 Å². The summed E-state index contributed by atoms with van der Waals surface area (Å²) in [5.74, 6) is -1.04. The molecule has 1 aliphatic heterocycles. The number of nitrogens with zero attached hydrogens (tertiary/aromatic N) is 3. The molecule has 2 heterocycles. The first-order chi connectivity index (χ1) is 17.8. The second-order valence-electron chi connectivity index (χ2n) is 8.69. The molecule has 1 amide bonds. The summed E-state index contributed by atoms with van der Waals surface area (Å²) in [6.45, 7) is 0. The van der Waals surface area contributed by atoms with E-state index in [9.17, 15) is 14.7 Å². The van der Waals surface area contributed by atoms with Gasteiger partial charge in [-0.25, -0.2) is 4.98 Å². The van der Waals surface area contributed by atoms with Crippen molar-refractivity contribution in [1.29, 1.82) is 0 Å². The summed E-state index contributed by atoms with van der Waals surface area (Å²) in [5.41, 5.74) is 2.59. The van der Waals surface area contributed by atoms with Crippen molar-refractivity contribution in [3.8, 4) is 11.5 Å². The minimum Gasteiger partial charge on any atom is -0.507 e. The molecule has 0 aliphatic carbocycles. The monoisotopic (exact) mass is 515 g/mol. The molecular weight excluding hydrogens is 490 g/mol. The average molecular weight is 516 g/mol. The summed E-state index contributed by atoms with van der Waals surface area (Å²) in [6, 6.07) is 19.0. The molecule has 1 N–H and O–H groups in total. The molecule has 188 valence electrons. The number of fused-ring (bicyclic) bond motifs is 1. The van der Waals surface area contributed by atoms with Gasteiger partial charge in [-0.2, -0.15) is 0 Å². The van der Waals surface area contributed by atoms with Crippen molar-refractivity contribution in [2.24, 2.45) is 0 Å². The third kappa shape index (κ3) is 4.17. The number of anilines is 2. The van der Waals surface area contributed by atoms with Crippen LogP contribution in [0, 0.1) is 0 Å². The molecular formula is C28H25N3O5S. The Hall–Kier alpha value is -4.37. The highest BCUT2D eigenvalue weighted by molar-refractivity contribution is 7.22. The predicted octanol–water partition coefficient (Wildman–Crippen LogP) is 5.01. The zero-order valence-electron chi connectivity index (χ0n) is 20.8. The molecule has 1 unspecified atom stereocenters. The first kappa shape index (κ1) is 24.3. The highest BCUT2D eigenvalue weighted by Gasteiger charge is 2.48. The molecule has 37 heavy (non-hydrogen) atoms. The Labute approximate surface area is 218 Å². The number of aromatic nitrogens is 1. The minimum atomic E-state index is -0.886. The molecule has 0 saturated carbocycles. The van der Waals surface area contributed by atoms with Gasteiger partial charge in [0.25, 0.3) is 5.78 Å². The second-order valence-corrected chi connectivity index (χ2v) is 9.69. The van der Waals surface area contributed by atoms with Gasteiger partial charge < -0.3 is 19.5 Å². The highest BCUT2D eigenvalue weighted by Crippen LogP contribution is 2.45. The lowest BCUT2D eigenvalue weighted by Crippen LogP contribution is -2.29. The quantitative estimate of drug-likeness (QED) is 0.219. The van der Waals surface area contributed by atoms with Crippen LogP contribution in [0.1, 0.15) is 17.2 Å². The van der Waals surface area contributed by atoms with E-state index < -0.39 is 17.7 Å². The van der Waals surface area contributed by atoms with E-state index in [1.807, 2.05) is 67.5 Å². The topological polar surface area (TPSA) is 92.2 Å². The van der Waals surface area contributed by atoms with Gasteiger partial charge in [-0.15, -0.1) is 0 Å². The number of thiazole rings is 1. The normalized spacial score (nSPS) is 16.9. The van der Waals surface area contributed by atoms with Gasteiger partial charge in [0.1, 0.15) is 17.3 Å². The standard InChI is InChI=1S/C28H25N3O5S/c1-30(2)17-11-9-16(10-12-17)24-23(25(32)19-14-13-18(35-3)15-21(19)36-4)26(33)27(34)31(24)28-29-20-7-5-6-8-22(20)37-28/h5-15,24,32H,1-4H3/b25-23+. The molecule has 5 rings (SSSR count). The van der Waals surface area contributed by atoms with Crippen molar-refractivity contribution in [3.63, 3.8) is 0 Å². The fourth-order valence-electron chi connectivity index (χ4n) is 4.40. The number of aliphatic hydroxyl groups excluding tert-OH is 1. The summed E-state index contributed by atoms with van der Waals surface area (Å²) >= 11 is 1.32. The highest BCUT2D eigenvalue weighted by atomic mass is 32.1. The van der Waals surface area contributed by atoms with Crippen molar-refractivity contribution in [2.45, 2.75) is 6.04 Å². The number of ether oxygens (including phenoxy) is 2. The van der Waals surface area contributed by atoms with Crippen LogP contribution in [-0.2, 0) is 9.59 Å². The lowest BCUT2D eigenvalue weighted by atomic mass is 9.95. The lowest BCUT2D eigenvalue weighted by Gasteiger charge is -2.24. The number of methoxy groups -OCH3 is 2. The smallest absolute Gasteiger partial charge is 0.301 e. The number of aliphatic hydroxyl groups is 1. The number of hydrogen-bond donors (Lipinski definition) is 1. The van der Waals surface area contributed by atoms with E-state index in [1.165, 1.54) is 30.5 Å². The molecule has 1 saturated heterocycles. The van der Waals surface area contributed by atoms with E-state index in [2.05, 4.69) is 4.98 Å². The van der Waals surface area contributed by atoms with Gasteiger partial charge in [0, 0.05) is 25.8 Å². The molecule has 4 aromatic rings. The molecule has 0 spiro atoms. The fourth-order valence-corrected chi connectivity index (χ4v) is 5.39. The summed E-state index contributed by atoms with van der Waals surface area (Å²) in [5, 5.41) is 11.9. The number of Topliss-reactive ketones (excluding diaryl/α,β-unsaturated/α-hetero) is 1. The molecule has 1 aliphatic rings. The number of carbonyl (C=O) groups is 2. The van der Waals surface area contributed by atoms with Gasteiger partial charge >= 0.3 is 5.91 Å². The fraction of sp³-hybridized carbons (Fsp3) is 0.179. The Morgan fingerprint density at radius 3 is 2.38 bits per heavy atom. The second kappa shape index (κ2) is 9.59. The summed E-state index contributed by atoms with van der Waals surface area (Å²) in [6.07, 6.45) is 0. The van der Waals surface area contributed by atoms with E-state index in [4.69, 9.17) is 9.47 Å². The van der Waals surface area contributed by atoms with Crippen LogP contribution in [0.4, 0.5) is 10.8 Å². The van der Waals surface area contributed by atoms with Crippen molar-refractivity contribution in [2.75, 3.05) is 38.1 Å². The molecule has 0 bridgehead atoms. The Morgan fingerprint density at radius 2 is 1.73 bits per heavy atom. The van der Waals surface area contributed by atoms with Gasteiger partial charge in [0.05, 0.1) is 41.6 Å². The zero-order valence-corrected chi connectivity index (χ0v) is 21.6. The number of amides is 1. The molecule has 0 radical (unpaired) electrons. The first-order valence-electron chi connectivity index (χ1n) is 11.5. The third-order valence-electron chi connectivity index (χ3n) is 6.32. The summed E-state index contributed by atoms with van der Waals surface area (Å²) in [4.78, 5) is 34.9. The number of para-hydroxylation sites is 1. The molecule has 1 atom stereocenters. The van der Waals surface area contributed by atoms with E-state index >= 15 is 0 Å². The Morgan fingerprint density at radius 1 is 1.00 bits per heavy atom. The molecule has 3 aromatic carbocycles. The SMILES string of the molecule is COc1ccc(/C(O)=C2\C(=O)C(=O)N(c3nc4ccccc4s3)C2c2ccc(N(C)C)cc2)c(OC)c1. The van der Waals surface area contributed by atoms with Crippen molar-refractivity contribution in [1.82, 2.24) is 4.98 Å². The van der Waals surface area contributed by atoms with Crippen LogP contribution >= 0.6 is 11.3 Å². The molecule has 1 aromatic heterocycles. The van der Waals surface area contributed by atoms with E-state index in [0.717, 1.165) is 15.9 Å². The number of benzene rings is 3.